The number of hydrogen-bond acceptors (Lipinski definition) is 3. The van der Waals surface area contributed by atoms with Crippen molar-refractivity contribution in [3.05, 3.63) is 29.8 Å². The highest BCUT2D eigenvalue weighted by Crippen LogP contribution is 2.18. The summed E-state index contributed by atoms with van der Waals surface area (Å²) in [6, 6.07) is 7.92. The monoisotopic (exact) mass is 263 g/mol. The number of nitrogens with two attached hydrogens (primary N) is 1. The first kappa shape index (κ1) is 13.7. The molecule has 104 valence electrons. The molecule has 0 bridgehead atoms. The number of nitrogens with zero attached hydrogens (tertiary/aromatic N) is 2. The molecule has 0 unspecified atom stereocenters. The lowest BCUT2D eigenvalue weighted by Gasteiger charge is -2.27. The fraction of sp³-hybridized carbons (Fsp3) is 0.500. The van der Waals surface area contributed by atoms with Gasteiger partial charge in [-0.15, -0.1) is 0 Å². The van der Waals surface area contributed by atoms with E-state index in [0.717, 1.165) is 24.4 Å². The first-order chi connectivity index (χ1) is 9.31. The Labute approximate surface area is 114 Å². The molecule has 5 heteroatoms. The van der Waals surface area contributed by atoms with Gasteiger partial charge in [0.25, 0.3) is 0 Å². The molecule has 0 radical (unpaired) electrons. The molecule has 0 amide bonds. The minimum Gasteiger partial charge on any atom is -0.494 e. The van der Waals surface area contributed by atoms with Crippen LogP contribution in [0.15, 0.2) is 29.3 Å². The van der Waals surface area contributed by atoms with Gasteiger partial charge in [0.1, 0.15) is 5.75 Å². The summed E-state index contributed by atoms with van der Waals surface area (Å²) in [4.78, 5) is 6.49. The minimum absolute atomic E-state index is 0.541. The average Bonchev–Trinajstić information content (AvgIpc) is 2.47. The lowest BCUT2D eigenvalue weighted by molar-refractivity contribution is 0.0674. The fourth-order valence-corrected chi connectivity index (χ4v) is 1.99. The molecule has 0 aromatic heterocycles. The number of hydrogen-bond donors (Lipinski definition) is 1. The van der Waals surface area contributed by atoms with Crippen molar-refractivity contribution in [2.75, 3.05) is 32.9 Å². The number of guanidine groups is 1. The predicted octanol–water partition coefficient (Wildman–Crippen LogP) is 1.23. The van der Waals surface area contributed by atoms with E-state index in [1.54, 1.807) is 0 Å². The highest BCUT2D eigenvalue weighted by atomic mass is 16.5. The second-order valence-corrected chi connectivity index (χ2v) is 4.31. The second-order valence-electron chi connectivity index (χ2n) is 4.31. The molecule has 5 nitrogen and oxygen atoms in total. The number of para-hydroxylation sites is 1. The summed E-state index contributed by atoms with van der Waals surface area (Å²) in [5.74, 6) is 1.46. The molecule has 1 aromatic rings. The van der Waals surface area contributed by atoms with Crippen molar-refractivity contribution in [3.63, 3.8) is 0 Å². The molecule has 0 aliphatic carbocycles. The summed E-state index contributed by atoms with van der Waals surface area (Å²) in [5.41, 5.74) is 7.06. The van der Waals surface area contributed by atoms with Crippen molar-refractivity contribution < 1.29 is 9.47 Å². The van der Waals surface area contributed by atoms with Crippen molar-refractivity contribution in [2.24, 2.45) is 10.7 Å². The lowest BCUT2D eigenvalue weighted by atomic mass is 10.2. The normalized spacial score (nSPS) is 16.5. The van der Waals surface area contributed by atoms with Crippen LogP contribution in [0.3, 0.4) is 0 Å². The number of rotatable bonds is 4. The molecule has 1 saturated heterocycles. The first-order valence-electron chi connectivity index (χ1n) is 6.64. The Morgan fingerprint density at radius 2 is 2.11 bits per heavy atom. The summed E-state index contributed by atoms with van der Waals surface area (Å²) in [6.07, 6.45) is 0. The van der Waals surface area contributed by atoms with Gasteiger partial charge in [0.05, 0.1) is 26.4 Å². The van der Waals surface area contributed by atoms with Gasteiger partial charge in [0.15, 0.2) is 5.96 Å². The summed E-state index contributed by atoms with van der Waals surface area (Å²) < 4.78 is 10.9. The molecule has 1 fully saturated rings. The summed E-state index contributed by atoms with van der Waals surface area (Å²) >= 11 is 0. The van der Waals surface area contributed by atoms with Crippen LogP contribution in [0.1, 0.15) is 12.5 Å². The van der Waals surface area contributed by atoms with Crippen molar-refractivity contribution in [2.45, 2.75) is 13.5 Å². The Bertz CT molecular complexity index is 428. The second kappa shape index (κ2) is 6.99. The van der Waals surface area contributed by atoms with Crippen LogP contribution in [-0.2, 0) is 11.3 Å². The van der Waals surface area contributed by atoms with Gasteiger partial charge in [0.2, 0.25) is 0 Å². The Morgan fingerprint density at radius 1 is 1.37 bits per heavy atom. The van der Waals surface area contributed by atoms with Gasteiger partial charge in [-0.1, -0.05) is 18.2 Å². The van der Waals surface area contributed by atoms with Gasteiger partial charge >= 0.3 is 0 Å². The highest BCUT2D eigenvalue weighted by molar-refractivity contribution is 5.78. The van der Waals surface area contributed by atoms with E-state index in [1.807, 2.05) is 36.1 Å². The zero-order valence-corrected chi connectivity index (χ0v) is 11.3. The topological polar surface area (TPSA) is 60.1 Å². The molecule has 0 spiro atoms. The third kappa shape index (κ3) is 3.86. The summed E-state index contributed by atoms with van der Waals surface area (Å²) in [7, 11) is 0. The largest absolute Gasteiger partial charge is 0.494 e. The molecule has 1 heterocycles. The molecule has 0 atom stereocenters. The minimum atomic E-state index is 0.541. The summed E-state index contributed by atoms with van der Waals surface area (Å²) in [5, 5.41) is 0. The molecule has 1 aliphatic rings. The van der Waals surface area contributed by atoms with Gasteiger partial charge in [-0.3, -0.25) is 0 Å². The first-order valence-corrected chi connectivity index (χ1v) is 6.64. The lowest BCUT2D eigenvalue weighted by Crippen LogP contribution is -2.44. The van der Waals surface area contributed by atoms with Crippen molar-refractivity contribution in [1.29, 1.82) is 0 Å². The van der Waals surface area contributed by atoms with Crippen LogP contribution >= 0.6 is 0 Å². The molecular weight excluding hydrogens is 242 g/mol. The maximum absolute atomic E-state index is 6.00. The van der Waals surface area contributed by atoms with Gasteiger partial charge in [-0.05, 0) is 13.0 Å². The molecule has 1 aromatic carbocycles. The zero-order valence-electron chi connectivity index (χ0n) is 11.3. The third-order valence-corrected chi connectivity index (χ3v) is 3.02. The Hall–Kier alpha value is -1.75. The number of ether oxygens (including phenoxy) is 2. The highest BCUT2D eigenvalue weighted by Gasteiger charge is 2.12. The van der Waals surface area contributed by atoms with Crippen molar-refractivity contribution in [1.82, 2.24) is 4.90 Å². The molecular formula is C14H21N3O2. The zero-order chi connectivity index (χ0) is 13.5. The van der Waals surface area contributed by atoms with E-state index in [2.05, 4.69) is 4.99 Å². The van der Waals surface area contributed by atoms with Gasteiger partial charge in [0, 0.05) is 18.7 Å². The Morgan fingerprint density at radius 3 is 2.84 bits per heavy atom. The molecule has 2 N–H and O–H groups in total. The van der Waals surface area contributed by atoms with Gasteiger partial charge in [-0.2, -0.15) is 0 Å². The van der Waals surface area contributed by atoms with Crippen LogP contribution in [0.25, 0.3) is 0 Å². The van der Waals surface area contributed by atoms with Crippen molar-refractivity contribution in [3.8, 4) is 5.75 Å². The van der Waals surface area contributed by atoms with Crippen LogP contribution < -0.4 is 10.5 Å². The number of benzene rings is 1. The smallest absolute Gasteiger partial charge is 0.191 e. The van der Waals surface area contributed by atoms with E-state index in [-0.39, 0.29) is 0 Å². The van der Waals surface area contributed by atoms with E-state index in [0.29, 0.717) is 32.3 Å². The van der Waals surface area contributed by atoms with Crippen LogP contribution in [0, 0.1) is 0 Å². The number of morpholine rings is 1. The fourth-order valence-electron chi connectivity index (χ4n) is 1.99. The van der Waals surface area contributed by atoms with E-state index in [1.165, 1.54) is 0 Å². The van der Waals surface area contributed by atoms with Gasteiger partial charge < -0.3 is 20.1 Å². The molecule has 0 saturated carbocycles. The van der Waals surface area contributed by atoms with E-state index in [4.69, 9.17) is 15.2 Å². The van der Waals surface area contributed by atoms with E-state index >= 15 is 0 Å². The molecule has 19 heavy (non-hydrogen) atoms. The molecule has 1 aliphatic heterocycles. The SMILES string of the molecule is CCOc1ccccc1CN=C(N)N1CCOCC1. The van der Waals surface area contributed by atoms with Crippen LogP contribution in [0.2, 0.25) is 0 Å². The average molecular weight is 263 g/mol. The van der Waals surface area contributed by atoms with E-state index in [9.17, 15) is 0 Å². The van der Waals surface area contributed by atoms with Crippen molar-refractivity contribution >= 4 is 5.96 Å². The maximum atomic E-state index is 6.00. The Kier molecular flexibility index (Phi) is 5.03. The van der Waals surface area contributed by atoms with Crippen LogP contribution in [0.5, 0.6) is 5.75 Å². The predicted molar refractivity (Wildman–Crippen MR) is 75.3 cm³/mol. The summed E-state index contributed by atoms with van der Waals surface area (Å²) in [6.45, 7) is 6.21. The van der Waals surface area contributed by atoms with Crippen LogP contribution in [0.4, 0.5) is 0 Å². The Balaban J connectivity index is 2.00. The third-order valence-electron chi connectivity index (χ3n) is 3.02. The van der Waals surface area contributed by atoms with E-state index < -0.39 is 0 Å². The quantitative estimate of drug-likeness (QED) is 0.655. The number of aliphatic imine (C=N–C) groups is 1. The van der Waals surface area contributed by atoms with Crippen LogP contribution in [-0.4, -0.2) is 43.8 Å². The molecule has 2 rings (SSSR count). The van der Waals surface area contributed by atoms with Gasteiger partial charge in [-0.25, -0.2) is 4.99 Å². The maximum Gasteiger partial charge on any atom is 0.191 e. The standard InChI is InChI=1S/C14H21N3O2/c1-2-19-13-6-4-3-5-12(13)11-16-14(15)17-7-9-18-10-8-17/h3-6H,2,7-11H2,1H3,(H2,15,16).